The Morgan fingerprint density at radius 1 is 1.24 bits per heavy atom. The fourth-order valence-electron chi connectivity index (χ4n) is 2.82. The Hall–Kier alpha value is -3.15. The molecule has 0 aromatic heterocycles. The molecule has 1 aliphatic heterocycles. The first-order valence-corrected chi connectivity index (χ1v) is 7.66. The van der Waals surface area contributed by atoms with Gasteiger partial charge in [0.2, 0.25) is 5.91 Å². The number of methoxy groups -OCH3 is 1. The summed E-state index contributed by atoms with van der Waals surface area (Å²) in [4.78, 5) is 26.1. The molecule has 1 amide bonds. The molecule has 0 unspecified atom stereocenters. The van der Waals surface area contributed by atoms with Gasteiger partial charge in [-0.3, -0.25) is 4.79 Å². The molecule has 6 heteroatoms. The molecular formula is C19H16FNO4. The van der Waals surface area contributed by atoms with Gasteiger partial charge in [0.15, 0.2) is 0 Å². The minimum Gasteiger partial charge on any atom is -0.507 e. The standard InChI is InChI=1S/C19H16FNO4/c1-25-19(24)15-10-17(22)21(11-12-5-4-6-13(20)9-12)16-8-3-2-7-14(16)18(15)23/h2-9,23H,10-11H2,1H3. The fraction of sp³-hybridized carbons (Fsp3) is 0.158. The molecule has 5 nitrogen and oxygen atoms in total. The molecule has 0 spiro atoms. The molecule has 25 heavy (non-hydrogen) atoms. The van der Waals surface area contributed by atoms with Crippen molar-refractivity contribution in [3.8, 4) is 0 Å². The number of anilines is 1. The number of rotatable bonds is 3. The van der Waals surface area contributed by atoms with Crippen LogP contribution in [-0.2, 0) is 20.9 Å². The monoisotopic (exact) mass is 341 g/mol. The highest BCUT2D eigenvalue weighted by Gasteiger charge is 2.31. The van der Waals surface area contributed by atoms with Gasteiger partial charge in [0, 0.05) is 5.56 Å². The zero-order valence-corrected chi connectivity index (χ0v) is 13.5. The van der Waals surface area contributed by atoms with E-state index in [1.54, 1.807) is 36.4 Å². The number of para-hydroxylation sites is 1. The number of aliphatic hydroxyl groups excluding tert-OH is 1. The lowest BCUT2D eigenvalue weighted by Gasteiger charge is -2.23. The Labute approximate surface area is 144 Å². The minimum atomic E-state index is -0.756. The molecule has 1 heterocycles. The smallest absolute Gasteiger partial charge is 0.338 e. The van der Waals surface area contributed by atoms with E-state index in [2.05, 4.69) is 4.74 Å². The van der Waals surface area contributed by atoms with Crippen LogP contribution >= 0.6 is 0 Å². The molecule has 0 saturated heterocycles. The third-order valence-corrected chi connectivity index (χ3v) is 4.03. The lowest BCUT2D eigenvalue weighted by atomic mass is 10.1. The Balaban J connectivity index is 2.07. The zero-order chi connectivity index (χ0) is 18.0. The molecule has 3 rings (SSSR count). The lowest BCUT2D eigenvalue weighted by molar-refractivity contribution is -0.137. The van der Waals surface area contributed by atoms with Crippen molar-refractivity contribution in [2.75, 3.05) is 12.0 Å². The predicted octanol–water partition coefficient (Wildman–Crippen LogP) is 3.20. The number of carbonyl (C=O) groups excluding carboxylic acids is 2. The molecule has 0 radical (unpaired) electrons. The number of carbonyl (C=O) groups is 2. The van der Waals surface area contributed by atoms with Gasteiger partial charge in [0.25, 0.3) is 0 Å². The van der Waals surface area contributed by atoms with Crippen molar-refractivity contribution in [1.29, 1.82) is 0 Å². The number of nitrogens with zero attached hydrogens (tertiary/aromatic N) is 1. The SMILES string of the molecule is COC(=O)C1=C(O)c2ccccc2N(Cc2cccc(F)c2)C(=O)C1. The van der Waals surface area contributed by atoms with Gasteiger partial charge in [-0.15, -0.1) is 0 Å². The average Bonchev–Trinajstić information content (AvgIpc) is 2.72. The molecule has 0 aliphatic carbocycles. The van der Waals surface area contributed by atoms with Crippen LogP contribution in [0.15, 0.2) is 54.1 Å². The van der Waals surface area contributed by atoms with Crippen LogP contribution < -0.4 is 4.90 Å². The summed E-state index contributed by atoms with van der Waals surface area (Å²) in [5, 5.41) is 10.5. The third-order valence-electron chi connectivity index (χ3n) is 4.03. The summed E-state index contributed by atoms with van der Waals surface area (Å²) in [5.74, 6) is -1.82. The van der Waals surface area contributed by atoms with Crippen molar-refractivity contribution in [3.63, 3.8) is 0 Å². The summed E-state index contributed by atoms with van der Waals surface area (Å²) in [7, 11) is 1.19. The van der Waals surface area contributed by atoms with E-state index >= 15 is 0 Å². The van der Waals surface area contributed by atoms with Crippen molar-refractivity contribution < 1.29 is 23.8 Å². The normalized spacial score (nSPS) is 14.2. The molecular weight excluding hydrogens is 325 g/mol. The maximum Gasteiger partial charge on any atom is 0.338 e. The molecule has 0 bridgehead atoms. The summed E-state index contributed by atoms with van der Waals surface area (Å²) >= 11 is 0. The van der Waals surface area contributed by atoms with E-state index < -0.39 is 11.8 Å². The van der Waals surface area contributed by atoms with Crippen LogP contribution in [0.1, 0.15) is 17.5 Å². The second kappa shape index (κ2) is 6.76. The predicted molar refractivity (Wildman–Crippen MR) is 90.2 cm³/mol. The quantitative estimate of drug-likeness (QED) is 0.871. The first-order chi connectivity index (χ1) is 12.0. The van der Waals surface area contributed by atoms with E-state index in [1.807, 2.05) is 0 Å². The zero-order valence-electron chi connectivity index (χ0n) is 13.5. The van der Waals surface area contributed by atoms with E-state index in [0.717, 1.165) is 0 Å². The van der Waals surface area contributed by atoms with Gasteiger partial charge in [-0.1, -0.05) is 24.3 Å². The van der Waals surface area contributed by atoms with Gasteiger partial charge in [-0.05, 0) is 29.8 Å². The van der Waals surface area contributed by atoms with Crippen molar-refractivity contribution in [2.24, 2.45) is 0 Å². The molecule has 128 valence electrons. The van der Waals surface area contributed by atoms with E-state index in [4.69, 9.17) is 0 Å². The van der Waals surface area contributed by atoms with Crippen LogP contribution in [-0.4, -0.2) is 24.1 Å². The van der Waals surface area contributed by atoms with Gasteiger partial charge in [-0.25, -0.2) is 9.18 Å². The van der Waals surface area contributed by atoms with E-state index in [9.17, 15) is 19.1 Å². The molecule has 2 aromatic carbocycles. The van der Waals surface area contributed by atoms with Crippen LogP contribution in [0.4, 0.5) is 10.1 Å². The Bertz CT molecular complexity index is 875. The Morgan fingerprint density at radius 2 is 2.00 bits per heavy atom. The molecule has 0 saturated carbocycles. The van der Waals surface area contributed by atoms with Crippen LogP contribution in [0.2, 0.25) is 0 Å². The number of amides is 1. The fourth-order valence-corrected chi connectivity index (χ4v) is 2.82. The second-order valence-corrected chi connectivity index (χ2v) is 5.62. The Kier molecular flexibility index (Phi) is 4.52. The van der Waals surface area contributed by atoms with Crippen molar-refractivity contribution in [2.45, 2.75) is 13.0 Å². The molecule has 1 N–H and O–H groups in total. The number of ether oxygens (including phenoxy) is 1. The van der Waals surface area contributed by atoms with Crippen LogP contribution in [0.3, 0.4) is 0 Å². The summed E-state index contributed by atoms with van der Waals surface area (Å²) in [6.07, 6.45) is -0.303. The summed E-state index contributed by atoms with van der Waals surface area (Å²) in [6, 6.07) is 12.6. The van der Waals surface area contributed by atoms with Crippen molar-refractivity contribution in [3.05, 3.63) is 71.0 Å². The first-order valence-electron chi connectivity index (χ1n) is 7.66. The Morgan fingerprint density at radius 3 is 2.72 bits per heavy atom. The molecule has 1 aliphatic rings. The van der Waals surface area contributed by atoms with Gasteiger partial charge < -0.3 is 14.7 Å². The molecule has 0 atom stereocenters. The highest BCUT2D eigenvalue weighted by Crippen LogP contribution is 2.34. The number of hydrogen-bond acceptors (Lipinski definition) is 4. The van der Waals surface area contributed by atoms with Gasteiger partial charge >= 0.3 is 5.97 Å². The summed E-state index contributed by atoms with van der Waals surface area (Å²) in [6.45, 7) is 0.120. The number of halogens is 1. The first kappa shape index (κ1) is 16.7. The number of fused-ring (bicyclic) bond motifs is 1. The number of hydrogen-bond donors (Lipinski definition) is 1. The average molecular weight is 341 g/mol. The van der Waals surface area contributed by atoms with Crippen LogP contribution in [0, 0.1) is 5.82 Å². The van der Waals surface area contributed by atoms with Crippen LogP contribution in [0.5, 0.6) is 0 Å². The van der Waals surface area contributed by atoms with Crippen LogP contribution in [0.25, 0.3) is 5.76 Å². The topological polar surface area (TPSA) is 66.8 Å². The van der Waals surface area contributed by atoms with E-state index in [-0.39, 0.29) is 30.2 Å². The number of benzene rings is 2. The largest absolute Gasteiger partial charge is 0.507 e. The minimum absolute atomic E-state index is 0.0957. The second-order valence-electron chi connectivity index (χ2n) is 5.62. The van der Waals surface area contributed by atoms with Gasteiger partial charge in [-0.2, -0.15) is 0 Å². The third kappa shape index (κ3) is 3.24. The number of esters is 1. The maximum absolute atomic E-state index is 13.5. The molecule has 2 aromatic rings. The van der Waals surface area contributed by atoms with E-state index in [0.29, 0.717) is 16.8 Å². The highest BCUT2D eigenvalue weighted by molar-refractivity contribution is 6.09. The lowest BCUT2D eigenvalue weighted by Crippen LogP contribution is -2.30. The van der Waals surface area contributed by atoms with Crippen molar-refractivity contribution in [1.82, 2.24) is 0 Å². The maximum atomic E-state index is 13.5. The molecule has 0 fully saturated rings. The summed E-state index contributed by atoms with van der Waals surface area (Å²) in [5.41, 5.74) is 1.31. The summed E-state index contributed by atoms with van der Waals surface area (Å²) < 4.78 is 18.1. The number of aliphatic hydroxyl groups is 1. The van der Waals surface area contributed by atoms with E-state index in [1.165, 1.54) is 24.1 Å². The van der Waals surface area contributed by atoms with Gasteiger partial charge in [0.1, 0.15) is 11.6 Å². The van der Waals surface area contributed by atoms with Crippen molar-refractivity contribution >= 4 is 23.3 Å². The van der Waals surface area contributed by atoms with Gasteiger partial charge in [0.05, 0.1) is 31.3 Å². The highest BCUT2D eigenvalue weighted by atomic mass is 19.1.